The Balaban J connectivity index is 0. The maximum atomic E-state index is 4.00. The summed E-state index contributed by atoms with van der Waals surface area (Å²) < 4.78 is 0. The van der Waals surface area contributed by atoms with Crippen LogP contribution >= 0.6 is 0 Å². The van der Waals surface area contributed by atoms with E-state index >= 15 is 0 Å². The Morgan fingerprint density at radius 2 is 0.590 bits per heavy atom. The molecule has 3 nitrogen and oxygen atoms in total. The van der Waals surface area contributed by atoms with E-state index in [-0.39, 0.29) is 5.48 Å². The molecule has 6 N–H and O–H groups in total. The average Bonchev–Trinajstić information content (AvgIpc) is 2.96. The summed E-state index contributed by atoms with van der Waals surface area (Å²) in [4.78, 5) is 0. The number of hydrazine groups is 1. The third-order valence-electron chi connectivity index (χ3n) is 7.50. The Morgan fingerprint density at radius 1 is 0.385 bits per heavy atom. The van der Waals surface area contributed by atoms with Crippen molar-refractivity contribution < 1.29 is 5.48 Å². The molecule has 0 atom stereocenters. The van der Waals surface area contributed by atoms with Gasteiger partial charge in [0.25, 0.3) is 0 Å². The SMILES string of the molecule is CCCCc1cccc(CCCC)c1CCCC.CCCCc1cccc(CCCC)c1CCCC.NN.O. The molecule has 226 valence electrons. The lowest BCUT2D eigenvalue weighted by atomic mass is 9.91. The second kappa shape index (κ2) is 27.9. The van der Waals surface area contributed by atoms with Crippen molar-refractivity contribution in [2.45, 2.75) is 157 Å². The molecule has 0 fully saturated rings. The first-order valence-corrected chi connectivity index (χ1v) is 16.2. The van der Waals surface area contributed by atoms with E-state index in [1.54, 1.807) is 33.4 Å². The molecule has 0 spiro atoms. The van der Waals surface area contributed by atoms with Crippen LogP contribution in [-0.4, -0.2) is 5.48 Å². The van der Waals surface area contributed by atoms with E-state index in [4.69, 9.17) is 0 Å². The molecule has 0 radical (unpaired) electrons. The van der Waals surface area contributed by atoms with Crippen molar-refractivity contribution >= 4 is 0 Å². The first-order valence-electron chi connectivity index (χ1n) is 16.2. The van der Waals surface area contributed by atoms with Crippen molar-refractivity contribution in [1.82, 2.24) is 0 Å². The topological polar surface area (TPSA) is 83.5 Å². The zero-order valence-electron chi connectivity index (χ0n) is 26.8. The Bertz CT molecular complexity index is 683. The minimum Gasteiger partial charge on any atom is -0.412 e. The van der Waals surface area contributed by atoms with E-state index < -0.39 is 0 Å². The highest BCUT2D eigenvalue weighted by Gasteiger charge is 2.08. The number of unbranched alkanes of at least 4 members (excludes halogenated alkanes) is 6. The first kappa shape index (κ1) is 39.5. The van der Waals surface area contributed by atoms with Crippen LogP contribution in [0.25, 0.3) is 0 Å². The van der Waals surface area contributed by atoms with Crippen LogP contribution in [0.15, 0.2) is 36.4 Å². The van der Waals surface area contributed by atoms with Gasteiger partial charge in [-0.15, -0.1) is 0 Å². The maximum Gasteiger partial charge on any atom is -0.0274 e. The summed E-state index contributed by atoms with van der Waals surface area (Å²) >= 11 is 0. The zero-order valence-corrected chi connectivity index (χ0v) is 26.8. The van der Waals surface area contributed by atoms with Gasteiger partial charge in [-0.2, -0.15) is 0 Å². The number of nitrogens with two attached hydrogens (primary N) is 2. The van der Waals surface area contributed by atoms with Crippen molar-refractivity contribution in [2.24, 2.45) is 11.7 Å². The molecule has 0 saturated heterocycles. The van der Waals surface area contributed by atoms with Crippen LogP contribution in [0, 0.1) is 0 Å². The number of benzene rings is 2. The summed E-state index contributed by atoms with van der Waals surface area (Å²) in [6.07, 6.45) is 23.5. The third-order valence-corrected chi connectivity index (χ3v) is 7.50. The van der Waals surface area contributed by atoms with Gasteiger partial charge in [0.05, 0.1) is 0 Å². The fourth-order valence-corrected chi connectivity index (χ4v) is 5.13. The Hall–Kier alpha value is -1.68. The highest BCUT2D eigenvalue weighted by molar-refractivity contribution is 5.37. The highest BCUT2D eigenvalue weighted by Crippen LogP contribution is 2.23. The number of aryl methyl sites for hydroxylation is 4. The second-order valence-electron chi connectivity index (χ2n) is 10.7. The van der Waals surface area contributed by atoms with Crippen molar-refractivity contribution in [1.29, 1.82) is 0 Å². The summed E-state index contributed by atoms with van der Waals surface area (Å²) in [5.74, 6) is 8.00. The molecule has 0 aromatic heterocycles. The van der Waals surface area contributed by atoms with E-state index in [0.717, 1.165) is 0 Å². The normalized spacial score (nSPS) is 10.2. The number of hydrogen-bond acceptors (Lipinski definition) is 2. The molecule has 0 heterocycles. The maximum absolute atomic E-state index is 4.00. The molecule has 0 aliphatic heterocycles. The van der Waals surface area contributed by atoms with Crippen LogP contribution in [0.4, 0.5) is 0 Å². The van der Waals surface area contributed by atoms with Gasteiger partial charge < -0.3 is 5.48 Å². The predicted molar refractivity (Wildman–Crippen MR) is 177 cm³/mol. The van der Waals surface area contributed by atoms with E-state index in [2.05, 4.69) is 89.6 Å². The molecule has 0 aliphatic rings. The fraction of sp³-hybridized carbons (Fsp3) is 0.667. The van der Waals surface area contributed by atoms with Gasteiger partial charge in [0.1, 0.15) is 0 Å². The summed E-state index contributed by atoms with van der Waals surface area (Å²) in [7, 11) is 0. The summed E-state index contributed by atoms with van der Waals surface area (Å²) in [6, 6.07) is 14.0. The minimum atomic E-state index is 0. The van der Waals surface area contributed by atoms with Crippen molar-refractivity contribution in [3.8, 4) is 0 Å². The van der Waals surface area contributed by atoms with Gasteiger partial charge in [0.15, 0.2) is 0 Å². The van der Waals surface area contributed by atoms with E-state index in [1.807, 2.05) is 0 Å². The van der Waals surface area contributed by atoms with Crippen LogP contribution in [0.5, 0.6) is 0 Å². The lowest BCUT2D eigenvalue weighted by molar-refractivity contribution is 0.735. The van der Waals surface area contributed by atoms with Crippen molar-refractivity contribution in [3.05, 3.63) is 69.8 Å². The Kier molecular flexibility index (Phi) is 28.2. The molecule has 2 aromatic rings. The molecular weight excluding hydrogens is 476 g/mol. The standard InChI is InChI=1S/2C18H30.H4N2.H2O/c2*1-4-7-11-16-13-10-14-17(12-8-5-2)18(16)15-9-6-3;1-2;/h2*10,13-14H,4-9,11-12,15H2,1-3H3;1-2H2;1H2. The van der Waals surface area contributed by atoms with Gasteiger partial charge in [-0.05, 0) is 110 Å². The van der Waals surface area contributed by atoms with Crippen molar-refractivity contribution in [3.63, 3.8) is 0 Å². The highest BCUT2D eigenvalue weighted by atomic mass is 16.0. The molecule has 39 heavy (non-hydrogen) atoms. The number of rotatable bonds is 18. The molecule has 0 aliphatic carbocycles. The van der Waals surface area contributed by atoms with Crippen LogP contribution in [0.1, 0.15) is 152 Å². The summed E-state index contributed by atoms with van der Waals surface area (Å²) in [5.41, 5.74) is 9.86. The van der Waals surface area contributed by atoms with Crippen LogP contribution < -0.4 is 11.7 Å². The number of hydrogen-bond donors (Lipinski definition) is 2. The zero-order chi connectivity index (χ0) is 28.4. The van der Waals surface area contributed by atoms with Gasteiger partial charge in [0.2, 0.25) is 0 Å². The third kappa shape index (κ3) is 16.9. The molecule has 0 unspecified atom stereocenters. The Labute approximate surface area is 243 Å². The molecule has 2 aromatic carbocycles. The molecule has 2 rings (SSSR count). The fourth-order valence-electron chi connectivity index (χ4n) is 5.13. The smallest absolute Gasteiger partial charge is 0.0274 e. The van der Waals surface area contributed by atoms with E-state index in [0.29, 0.717) is 0 Å². The lowest BCUT2D eigenvalue weighted by Gasteiger charge is -2.14. The quantitative estimate of drug-likeness (QED) is 0.145. The minimum absolute atomic E-state index is 0. The lowest BCUT2D eigenvalue weighted by Crippen LogP contribution is -2.02. The van der Waals surface area contributed by atoms with Crippen LogP contribution in [0.3, 0.4) is 0 Å². The van der Waals surface area contributed by atoms with Gasteiger partial charge in [-0.25, -0.2) is 0 Å². The van der Waals surface area contributed by atoms with Crippen LogP contribution in [0.2, 0.25) is 0 Å². The summed E-state index contributed by atoms with van der Waals surface area (Å²) in [6.45, 7) is 13.7. The van der Waals surface area contributed by atoms with Crippen LogP contribution in [-0.2, 0) is 38.5 Å². The van der Waals surface area contributed by atoms with E-state index in [9.17, 15) is 0 Å². The van der Waals surface area contributed by atoms with Gasteiger partial charge in [-0.1, -0.05) is 116 Å². The van der Waals surface area contributed by atoms with Crippen molar-refractivity contribution in [2.75, 3.05) is 0 Å². The van der Waals surface area contributed by atoms with Gasteiger partial charge in [0, 0.05) is 0 Å². The summed E-state index contributed by atoms with van der Waals surface area (Å²) in [5, 5.41) is 0. The molecule has 0 bridgehead atoms. The Morgan fingerprint density at radius 3 is 0.795 bits per heavy atom. The van der Waals surface area contributed by atoms with E-state index in [1.165, 1.54) is 116 Å². The van der Waals surface area contributed by atoms with Gasteiger partial charge >= 0.3 is 0 Å². The second-order valence-corrected chi connectivity index (χ2v) is 10.7. The predicted octanol–water partition coefficient (Wildman–Crippen LogP) is 9.42. The molecular formula is C36H66N2O. The first-order chi connectivity index (χ1) is 18.7. The largest absolute Gasteiger partial charge is 0.412 e. The molecule has 0 amide bonds. The molecule has 0 saturated carbocycles. The average molecular weight is 543 g/mol. The van der Waals surface area contributed by atoms with Gasteiger partial charge in [-0.3, -0.25) is 11.7 Å². The molecule has 3 heteroatoms. The monoisotopic (exact) mass is 543 g/mol.